The summed E-state index contributed by atoms with van der Waals surface area (Å²) in [7, 11) is -5.55. The topological polar surface area (TPSA) is 18.5 Å². The molecule has 14 unspecified atom stereocenters. The second kappa shape index (κ2) is 9.16. The Morgan fingerprint density at radius 3 is 1.67 bits per heavy atom. The largest absolute Gasteiger partial charge is 0.437 e. The Hall–Kier alpha value is 0.311. The second-order valence-corrected chi connectivity index (χ2v) is 30.6. The average Bonchev–Trinajstić information content (AvgIpc) is 3.69. The van der Waals surface area contributed by atoms with Gasteiger partial charge in [0.05, 0.1) is 0 Å². The molecule has 0 radical (unpaired) electrons. The van der Waals surface area contributed by atoms with Crippen molar-refractivity contribution in [2.24, 2.45) is 82.9 Å². The molecule has 0 N–H and O–H groups in total. The third-order valence-corrected chi connectivity index (χ3v) is 25.9. The zero-order valence-corrected chi connectivity index (χ0v) is 29.0. The molecule has 0 aliphatic heterocycles. The van der Waals surface area contributed by atoms with Crippen molar-refractivity contribution in [3.8, 4) is 0 Å². The molecule has 0 aromatic heterocycles. The van der Waals surface area contributed by atoms with Gasteiger partial charge in [0.25, 0.3) is 0 Å². The number of hydrogen-bond acceptors (Lipinski definition) is 2. The van der Waals surface area contributed by atoms with Gasteiger partial charge in [-0.15, -0.1) is 0 Å². The number of rotatable bonds is 10. The van der Waals surface area contributed by atoms with Crippen molar-refractivity contribution in [1.29, 1.82) is 0 Å². The molecule has 7 fully saturated rings. The smallest absolute Gasteiger partial charge is 0.311 e. The van der Waals surface area contributed by atoms with Crippen molar-refractivity contribution in [3.05, 3.63) is 12.2 Å². The summed E-state index contributed by atoms with van der Waals surface area (Å²) in [5.74, 6) is 14.9. The van der Waals surface area contributed by atoms with E-state index in [-0.39, 0.29) is 0 Å². The summed E-state index contributed by atoms with van der Waals surface area (Å²) in [4.78, 5) is 0. The standard InChI is InChI=1S/C34H58O2Si3/c1-37(2,13-11-21-15-27-19-29(21)33-25-9-7-23(17-25)31(27)33)35-39(5,6)36-38(3,4)14-12-22-16-28-20-30(22)34-26-10-8-24(18-26)32(28)34/h7,9,21-34H,8,10-20H2,1-6H3. The van der Waals surface area contributed by atoms with E-state index in [0.717, 1.165) is 82.9 Å². The highest BCUT2D eigenvalue weighted by molar-refractivity contribution is 6.87. The highest BCUT2D eigenvalue weighted by Gasteiger charge is 2.62. The van der Waals surface area contributed by atoms with Crippen LogP contribution in [0, 0.1) is 82.9 Å². The minimum absolute atomic E-state index is 0.945. The first kappa shape index (κ1) is 26.9. The second-order valence-electron chi connectivity index (χ2n) is 18.1. The van der Waals surface area contributed by atoms with Crippen LogP contribution in [0.4, 0.5) is 0 Å². The molecule has 39 heavy (non-hydrogen) atoms. The third-order valence-electron chi connectivity index (χ3n) is 14.6. The lowest BCUT2D eigenvalue weighted by Gasteiger charge is -2.41. The van der Waals surface area contributed by atoms with E-state index < -0.39 is 25.2 Å². The lowest BCUT2D eigenvalue weighted by Crippen LogP contribution is -2.52. The van der Waals surface area contributed by atoms with Crippen LogP contribution in [-0.4, -0.2) is 25.2 Å². The Morgan fingerprint density at radius 1 is 0.538 bits per heavy atom. The van der Waals surface area contributed by atoms with Gasteiger partial charge in [-0.25, -0.2) is 0 Å². The molecule has 2 nitrogen and oxygen atoms in total. The third kappa shape index (κ3) is 4.47. The summed E-state index contributed by atoms with van der Waals surface area (Å²) in [6.45, 7) is 14.8. The van der Waals surface area contributed by atoms with Gasteiger partial charge in [0.15, 0.2) is 16.6 Å². The van der Waals surface area contributed by atoms with Crippen LogP contribution in [0.15, 0.2) is 12.2 Å². The number of fused-ring (bicyclic) bond motifs is 18. The van der Waals surface area contributed by atoms with Gasteiger partial charge in [0.1, 0.15) is 0 Å². The van der Waals surface area contributed by atoms with E-state index in [0.29, 0.717) is 0 Å². The Morgan fingerprint density at radius 2 is 1.05 bits per heavy atom. The van der Waals surface area contributed by atoms with Crippen LogP contribution in [-0.2, 0) is 8.23 Å². The molecule has 0 amide bonds. The first-order valence-corrected chi connectivity index (χ1v) is 26.6. The molecule has 0 saturated heterocycles. The van der Waals surface area contributed by atoms with Crippen LogP contribution < -0.4 is 0 Å². The molecular weight excluding hydrogens is 525 g/mol. The Kier molecular flexibility index (Phi) is 6.32. The molecule has 8 aliphatic rings. The van der Waals surface area contributed by atoms with Gasteiger partial charge < -0.3 is 8.23 Å². The Labute approximate surface area is 243 Å². The van der Waals surface area contributed by atoms with E-state index in [1.54, 1.807) is 38.5 Å². The van der Waals surface area contributed by atoms with E-state index in [1.807, 2.05) is 0 Å². The highest BCUT2D eigenvalue weighted by atomic mass is 28.5. The minimum atomic E-state index is -2.11. The summed E-state index contributed by atoms with van der Waals surface area (Å²) in [5, 5.41) is 0. The van der Waals surface area contributed by atoms with Gasteiger partial charge >= 0.3 is 8.56 Å². The fourth-order valence-corrected chi connectivity index (χ4v) is 28.2. The molecule has 0 aromatic carbocycles. The molecule has 8 aliphatic carbocycles. The van der Waals surface area contributed by atoms with Crippen LogP contribution in [0.2, 0.25) is 51.4 Å². The molecule has 0 aromatic rings. The lowest BCUT2D eigenvalue weighted by atomic mass is 9.67. The average molecular weight is 583 g/mol. The van der Waals surface area contributed by atoms with Crippen molar-refractivity contribution < 1.29 is 8.23 Å². The van der Waals surface area contributed by atoms with Crippen LogP contribution in [0.5, 0.6) is 0 Å². The fourth-order valence-electron chi connectivity index (χ4n) is 14.0. The quantitative estimate of drug-likeness (QED) is 0.145. The fraction of sp³-hybridized carbons (Fsp3) is 0.941. The maximum absolute atomic E-state index is 7.13. The summed E-state index contributed by atoms with van der Waals surface area (Å²) < 4.78 is 14.3. The summed E-state index contributed by atoms with van der Waals surface area (Å²) in [6, 6.07) is 2.71. The van der Waals surface area contributed by atoms with Crippen LogP contribution in [0.3, 0.4) is 0 Å². The van der Waals surface area contributed by atoms with Gasteiger partial charge in [-0.3, -0.25) is 0 Å². The van der Waals surface area contributed by atoms with Gasteiger partial charge in [-0.2, -0.15) is 0 Å². The zero-order chi connectivity index (χ0) is 26.9. The Balaban J connectivity index is 0.825. The van der Waals surface area contributed by atoms with Crippen molar-refractivity contribution in [2.45, 2.75) is 116 Å². The summed E-state index contributed by atoms with van der Waals surface area (Å²) >= 11 is 0. The molecule has 8 bridgehead atoms. The summed E-state index contributed by atoms with van der Waals surface area (Å²) in [5.41, 5.74) is 0. The molecule has 5 heteroatoms. The predicted molar refractivity (Wildman–Crippen MR) is 168 cm³/mol. The Bertz CT molecular complexity index is 1010. The van der Waals surface area contributed by atoms with Crippen molar-refractivity contribution in [1.82, 2.24) is 0 Å². The SMILES string of the molecule is C[Si](C)(CCC1CC2CC1C1C3C=CC(C3)C21)O[Si](C)(C)O[Si](C)(C)CCC1CC2CC1C1C3CCC(C3)C21. The maximum atomic E-state index is 7.13. The lowest BCUT2D eigenvalue weighted by molar-refractivity contribution is 0.103. The normalized spacial score (nSPS) is 50.5. The molecular formula is C34H58O2Si3. The van der Waals surface area contributed by atoms with Crippen LogP contribution >= 0.6 is 0 Å². The molecule has 14 atom stereocenters. The van der Waals surface area contributed by atoms with E-state index in [9.17, 15) is 0 Å². The van der Waals surface area contributed by atoms with Crippen LogP contribution in [0.25, 0.3) is 0 Å². The van der Waals surface area contributed by atoms with E-state index in [4.69, 9.17) is 8.23 Å². The van der Waals surface area contributed by atoms with Crippen molar-refractivity contribution >= 4 is 25.2 Å². The number of hydrogen-bond donors (Lipinski definition) is 0. The minimum Gasteiger partial charge on any atom is -0.437 e. The molecule has 7 saturated carbocycles. The van der Waals surface area contributed by atoms with Gasteiger partial charge in [0, 0.05) is 0 Å². The van der Waals surface area contributed by atoms with Crippen molar-refractivity contribution in [3.63, 3.8) is 0 Å². The number of allylic oxidation sites excluding steroid dienone is 2. The molecule has 0 spiro atoms. The van der Waals surface area contributed by atoms with Gasteiger partial charge in [-0.05, 0) is 186 Å². The highest BCUT2D eigenvalue weighted by Crippen LogP contribution is 2.70. The van der Waals surface area contributed by atoms with Crippen LogP contribution in [0.1, 0.15) is 64.2 Å². The van der Waals surface area contributed by atoms with E-state index in [2.05, 4.69) is 51.4 Å². The van der Waals surface area contributed by atoms with Gasteiger partial charge in [-0.1, -0.05) is 25.0 Å². The predicted octanol–water partition coefficient (Wildman–Crippen LogP) is 9.32. The summed E-state index contributed by atoms with van der Waals surface area (Å²) in [6.07, 6.45) is 20.6. The van der Waals surface area contributed by atoms with Crippen molar-refractivity contribution in [2.75, 3.05) is 0 Å². The first-order chi connectivity index (χ1) is 18.5. The zero-order valence-electron chi connectivity index (χ0n) is 26.0. The molecule has 8 rings (SSSR count). The maximum Gasteiger partial charge on any atom is 0.311 e. The molecule has 0 heterocycles. The first-order valence-electron chi connectivity index (χ1n) is 17.6. The monoisotopic (exact) mass is 582 g/mol. The molecule has 218 valence electrons. The van der Waals surface area contributed by atoms with E-state index >= 15 is 0 Å². The van der Waals surface area contributed by atoms with E-state index in [1.165, 1.54) is 37.8 Å². The van der Waals surface area contributed by atoms with Gasteiger partial charge in [0.2, 0.25) is 0 Å².